The molecule has 2 rings (SSSR count). The van der Waals surface area contributed by atoms with E-state index < -0.39 is 11.5 Å². The molecule has 6 heteroatoms. The number of hydrogen-bond donors (Lipinski definition) is 1. The van der Waals surface area contributed by atoms with Crippen molar-refractivity contribution in [1.82, 2.24) is 5.32 Å². The summed E-state index contributed by atoms with van der Waals surface area (Å²) in [4.78, 5) is 28.8. The van der Waals surface area contributed by atoms with Crippen molar-refractivity contribution in [3.63, 3.8) is 0 Å². The molecule has 5 nitrogen and oxygen atoms in total. The predicted molar refractivity (Wildman–Crippen MR) is 85.5 cm³/mol. The normalized spacial score (nSPS) is 20.9. The van der Waals surface area contributed by atoms with Crippen LogP contribution in [0.3, 0.4) is 0 Å². The Morgan fingerprint density at radius 2 is 2.05 bits per heavy atom. The highest BCUT2D eigenvalue weighted by molar-refractivity contribution is 6.37. The molecule has 1 heterocycles. The molecule has 22 heavy (non-hydrogen) atoms. The molecular formula is C16H19ClN2O3. The molecule has 0 bridgehead atoms. The van der Waals surface area contributed by atoms with E-state index in [1.54, 1.807) is 19.1 Å². The fraction of sp³-hybridized carbons (Fsp3) is 0.438. The quantitative estimate of drug-likeness (QED) is 0.870. The summed E-state index contributed by atoms with van der Waals surface area (Å²) in [6.45, 7) is 7.43. The van der Waals surface area contributed by atoms with Crippen LogP contribution in [-0.2, 0) is 9.53 Å². The van der Waals surface area contributed by atoms with E-state index >= 15 is 0 Å². The van der Waals surface area contributed by atoms with Gasteiger partial charge in [-0.3, -0.25) is 9.79 Å². The number of esters is 1. The van der Waals surface area contributed by atoms with Crippen LogP contribution in [0, 0.1) is 12.8 Å². The van der Waals surface area contributed by atoms with Crippen molar-refractivity contribution in [2.75, 3.05) is 7.11 Å². The lowest BCUT2D eigenvalue weighted by Gasteiger charge is -2.21. The highest BCUT2D eigenvalue weighted by Gasteiger charge is 2.43. The number of rotatable bonds is 3. The first-order valence-corrected chi connectivity index (χ1v) is 7.39. The Labute approximate surface area is 134 Å². The number of amidine groups is 1. The Bertz CT molecular complexity index is 682. The van der Waals surface area contributed by atoms with Gasteiger partial charge in [0.15, 0.2) is 0 Å². The van der Waals surface area contributed by atoms with Gasteiger partial charge in [0.2, 0.25) is 0 Å². The SMILES string of the molecule is COC(=O)c1ccc(C)c(Cl)c1C1=NC(C)(C(C)C)C(=O)N1. The van der Waals surface area contributed by atoms with E-state index in [9.17, 15) is 9.59 Å². The summed E-state index contributed by atoms with van der Waals surface area (Å²) in [6.07, 6.45) is 0. The van der Waals surface area contributed by atoms with Gasteiger partial charge in [-0.15, -0.1) is 0 Å². The first-order chi connectivity index (χ1) is 10.2. The second-order valence-corrected chi connectivity index (χ2v) is 6.21. The smallest absolute Gasteiger partial charge is 0.338 e. The lowest BCUT2D eigenvalue weighted by Crippen LogP contribution is -2.41. The molecule has 1 atom stereocenters. The maximum absolute atomic E-state index is 12.3. The summed E-state index contributed by atoms with van der Waals surface area (Å²) in [6, 6.07) is 3.36. The van der Waals surface area contributed by atoms with Crippen molar-refractivity contribution in [2.24, 2.45) is 10.9 Å². The minimum atomic E-state index is -0.879. The fourth-order valence-corrected chi connectivity index (χ4v) is 2.50. The third kappa shape index (κ3) is 2.50. The van der Waals surface area contributed by atoms with Gasteiger partial charge in [0.05, 0.1) is 23.3 Å². The third-order valence-electron chi connectivity index (χ3n) is 4.14. The molecule has 118 valence electrons. The Kier molecular flexibility index (Phi) is 4.29. The van der Waals surface area contributed by atoms with Gasteiger partial charge in [-0.25, -0.2) is 4.79 Å². The van der Waals surface area contributed by atoms with Gasteiger partial charge >= 0.3 is 5.97 Å². The standard InChI is InChI=1S/C16H19ClN2O3/c1-8(2)16(4)15(21)18-13(19-16)11-10(14(20)22-5)7-6-9(3)12(11)17/h6-8H,1-5H3,(H,18,19,21). The number of benzene rings is 1. The number of halogens is 1. The van der Waals surface area contributed by atoms with Crippen LogP contribution in [0.2, 0.25) is 5.02 Å². The van der Waals surface area contributed by atoms with Gasteiger partial charge in [-0.1, -0.05) is 31.5 Å². The molecule has 1 unspecified atom stereocenters. The summed E-state index contributed by atoms with van der Waals surface area (Å²) in [5.74, 6) is -0.400. The second kappa shape index (κ2) is 5.72. The molecule has 0 saturated carbocycles. The third-order valence-corrected chi connectivity index (χ3v) is 4.62. The van der Waals surface area contributed by atoms with Gasteiger partial charge in [0.1, 0.15) is 11.4 Å². The van der Waals surface area contributed by atoms with Gasteiger partial charge in [-0.05, 0) is 31.4 Å². The molecule has 0 aromatic heterocycles. The minimum absolute atomic E-state index is 0.00941. The summed E-state index contributed by atoms with van der Waals surface area (Å²) < 4.78 is 4.79. The van der Waals surface area contributed by atoms with E-state index in [0.29, 0.717) is 16.4 Å². The first-order valence-electron chi connectivity index (χ1n) is 7.01. The van der Waals surface area contributed by atoms with Crippen LogP contribution in [0.25, 0.3) is 0 Å². The maximum atomic E-state index is 12.3. The van der Waals surface area contributed by atoms with Crippen molar-refractivity contribution in [2.45, 2.75) is 33.2 Å². The highest BCUT2D eigenvalue weighted by Crippen LogP contribution is 2.31. The highest BCUT2D eigenvalue weighted by atomic mass is 35.5. The Balaban J connectivity index is 2.65. The zero-order chi connectivity index (χ0) is 16.7. The topological polar surface area (TPSA) is 67.8 Å². The zero-order valence-electron chi connectivity index (χ0n) is 13.3. The molecule has 1 amide bonds. The Morgan fingerprint density at radius 3 is 2.55 bits per heavy atom. The van der Waals surface area contributed by atoms with E-state index in [2.05, 4.69) is 10.3 Å². The van der Waals surface area contributed by atoms with E-state index in [1.165, 1.54) is 7.11 Å². The maximum Gasteiger partial charge on any atom is 0.338 e. The van der Waals surface area contributed by atoms with Crippen LogP contribution in [0.1, 0.15) is 42.3 Å². The van der Waals surface area contributed by atoms with Gasteiger partial charge in [0, 0.05) is 0 Å². The molecule has 0 spiro atoms. The van der Waals surface area contributed by atoms with E-state index in [4.69, 9.17) is 16.3 Å². The number of nitrogens with zero attached hydrogens (tertiary/aromatic N) is 1. The molecule has 0 aliphatic carbocycles. The minimum Gasteiger partial charge on any atom is -0.465 e. The van der Waals surface area contributed by atoms with Crippen LogP contribution < -0.4 is 5.32 Å². The molecule has 1 aromatic carbocycles. The number of aryl methyl sites for hydroxylation is 1. The Hall–Kier alpha value is -1.88. The molecular weight excluding hydrogens is 304 g/mol. The molecule has 0 saturated heterocycles. The van der Waals surface area contributed by atoms with Crippen molar-refractivity contribution >= 4 is 29.3 Å². The number of carbonyl (C=O) groups is 2. The monoisotopic (exact) mass is 322 g/mol. The Morgan fingerprint density at radius 1 is 1.41 bits per heavy atom. The average molecular weight is 323 g/mol. The number of aliphatic imine (C=N–C) groups is 1. The largest absolute Gasteiger partial charge is 0.465 e. The number of methoxy groups -OCH3 is 1. The van der Waals surface area contributed by atoms with Crippen LogP contribution in [-0.4, -0.2) is 30.4 Å². The van der Waals surface area contributed by atoms with Crippen molar-refractivity contribution < 1.29 is 14.3 Å². The van der Waals surface area contributed by atoms with Crippen LogP contribution in [0.5, 0.6) is 0 Å². The summed E-state index contributed by atoms with van der Waals surface area (Å²) >= 11 is 6.36. The van der Waals surface area contributed by atoms with Crippen LogP contribution >= 0.6 is 11.6 Å². The van der Waals surface area contributed by atoms with E-state index in [1.807, 2.05) is 20.8 Å². The van der Waals surface area contributed by atoms with E-state index in [-0.39, 0.29) is 17.4 Å². The second-order valence-electron chi connectivity index (χ2n) is 5.83. The number of ether oxygens (including phenoxy) is 1. The summed E-state index contributed by atoms with van der Waals surface area (Å²) in [5, 5.41) is 3.13. The van der Waals surface area contributed by atoms with Crippen LogP contribution in [0.15, 0.2) is 17.1 Å². The molecule has 1 aliphatic heterocycles. The first kappa shape index (κ1) is 16.5. The summed E-state index contributed by atoms with van der Waals surface area (Å²) in [5.41, 5.74) is 0.603. The average Bonchev–Trinajstić information content (AvgIpc) is 2.77. The van der Waals surface area contributed by atoms with Gasteiger partial charge in [-0.2, -0.15) is 0 Å². The van der Waals surface area contributed by atoms with Gasteiger partial charge in [0.25, 0.3) is 5.91 Å². The fourth-order valence-electron chi connectivity index (χ4n) is 2.25. The zero-order valence-corrected chi connectivity index (χ0v) is 14.0. The van der Waals surface area contributed by atoms with Crippen molar-refractivity contribution in [3.05, 3.63) is 33.8 Å². The lowest BCUT2D eigenvalue weighted by molar-refractivity contribution is -0.124. The number of nitrogens with one attached hydrogen (secondary N) is 1. The number of amides is 1. The summed E-state index contributed by atoms with van der Waals surface area (Å²) in [7, 11) is 1.30. The molecule has 1 aliphatic rings. The van der Waals surface area contributed by atoms with Crippen molar-refractivity contribution in [1.29, 1.82) is 0 Å². The molecule has 0 fully saturated rings. The lowest BCUT2D eigenvalue weighted by atomic mass is 9.89. The van der Waals surface area contributed by atoms with E-state index in [0.717, 1.165) is 5.56 Å². The number of hydrogen-bond acceptors (Lipinski definition) is 4. The number of carbonyl (C=O) groups excluding carboxylic acids is 2. The molecule has 1 N–H and O–H groups in total. The molecule has 0 radical (unpaired) electrons. The van der Waals surface area contributed by atoms with Gasteiger partial charge < -0.3 is 10.1 Å². The van der Waals surface area contributed by atoms with Crippen LogP contribution in [0.4, 0.5) is 0 Å². The van der Waals surface area contributed by atoms with Crippen molar-refractivity contribution in [3.8, 4) is 0 Å². The molecule has 1 aromatic rings. The predicted octanol–water partition coefficient (Wildman–Crippen LogP) is 2.73.